The van der Waals surface area contributed by atoms with Gasteiger partial charge >= 0.3 is 0 Å². The Morgan fingerprint density at radius 3 is 2.17 bits per heavy atom. The zero-order valence-corrected chi connectivity index (χ0v) is 11.8. The van der Waals surface area contributed by atoms with E-state index in [0.29, 0.717) is 19.4 Å². The third-order valence-electron chi connectivity index (χ3n) is 3.23. The van der Waals surface area contributed by atoms with Crippen LogP contribution in [-0.4, -0.2) is 56.8 Å². The third kappa shape index (κ3) is 4.01. The highest BCUT2D eigenvalue weighted by atomic mass is 16.5. The molecule has 0 aromatic rings. The first-order valence-corrected chi connectivity index (χ1v) is 6.32. The minimum atomic E-state index is -0.834. The summed E-state index contributed by atoms with van der Waals surface area (Å²) < 4.78 is 5.37. The van der Waals surface area contributed by atoms with E-state index in [2.05, 4.69) is 5.32 Å². The lowest BCUT2D eigenvalue weighted by atomic mass is 9.95. The maximum Gasteiger partial charge on any atom is 0.255 e. The average molecular weight is 254 g/mol. The molecule has 2 radical (unpaired) electrons. The Labute approximate surface area is 111 Å². The maximum atomic E-state index is 12.4. The molecule has 0 saturated carbocycles. The number of hydrogen-bond acceptors (Lipinski definition) is 3. The van der Waals surface area contributed by atoms with E-state index in [1.807, 2.05) is 20.8 Å². The predicted molar refractivity (Wildman–Crippen MR) is 71.3 cm³/mol. The summed E-state index contributed by atoms with van der Waals surface area (Å²) in [6, 6.07) is 0. The summed E-state index contributed by atoms with van der Waals surface area (Å²) in [5.74, 6) is -0.408. The molecule has 1 N–H and O–H groups in total. The van der Waals surface area contributed by atoms with E-state index in [4.69, 9.17) is 12.6 Å². The first-order valence-electron chi connectivity index (χ1n) is 6.32. The number of nitrogens with one attached hydrogen (secondary N) is 1. The van der Waals surface area contributed by atoms with E-state index in [1.54, 1.807) is 0 Å². The van der Waals surface area contributed by atoms with Crippen molar-refractivity contribution < 1.29 is 14.3 Å². The molecule has 0 heterocycles. The van der Waals surface area contributed by atoms with Crippen molar-refractivity contribution in [2.45, 2.75) is 39.2 Å². The van der Waals surface area contributed by atoms with Crippen molar-refractivity contribution in [3.05, 3.63) is 0 Å². The van der Waals surface area contributed by atoms with Gasteiger partial charge in [-0.25, -0.2) is 0 Å². The lowest BCUT2D eigenvalue weighted by Gasteiger charge is -2.34. The second-order valence-electron chi connectivity index (χ2n) is 4.03. The molecule has 0 atom stereocenters. The number of rotatable bonds is 8. The van der Waals surface area contributed by atoms with Crippen molar-refractivity contribution >= 4 is 19.7 Å². The second kappa shape index (κ2) is 8.13. The van der Waals surface area contributed by atoms with E-state index in [0.717, 1.165) is 0 Å². The van der Waals surface area contributed by atoms with Crippen LogP contribution in [0.4, 0.5) is 0 Å². The molecule has 6 heteroatoms. The van der Waals surface area contributed by atoms with Crippen molar-refractivity contribution in [1.82, 2.24) is 10.2 Å². The minimum absolute atomic E-state index is 0.0116. The van der Waals surface area contributed by atoms with Crippen LogP contribution in [0.1, 0.15) is 33.6 Å². The van der Waals surface area contributed by atoms with Crippen LogP contribution in [0.2, 0.25) is 0 Å². The molecule has 0 unspecified atom stereocenters. The minimum Gasteiger partial charge on any atom is -0.368 e. The summed E-state index contributed by atoms with van der Waals surface area (Å²) in [6.07, 6.45) is 1.23. The molecule has 0 bridgehead atoms. The molecule has 0 saturated heterocycles. The molecule has 0 spiro atoms. The standard InChI is InChI=1S/C12H23BN2O3/c1-5-12(6-2,18-4)11(17)15(7-3)8-10(16)14-9-13/h5-9H2,1-4H3,(H,14,16). The average Bonchev–Trinajstić information content (AvgIpc) is 2.38. The van der Waals surface area contributed by atoms with Gasteiger partial charge in [-0.15, -0.1) is 0 Å². The lowest BCUT2D eigenvalue weighted by Crippen LogP contribution is -2.52. The van der Waals surface area contributed by atoms with Gasteiger partial charge in [-0.2, -0.15) is 0 Å². The molecule has 0 aromatic carbocycles. The molecule has 102 valence electrons. The van der Waals surface area contributed by atoms with Gasteiger partial charge in [0.2, 0.25) is 5.91 Å². The van der Waals surface area contributed by atoms with Crippen LogP contribution in [0.5, 0.6) is 0 Å². The molecular weight excluding hydrogens is 231 g/mol. The molecule has 0 aliphatic carbocycles. The van der Waals surface area contributed by atoms with Gasteiger partial charge in [-0.05, 0) is 26.2 Å². The Morgan fingerprint density at radius 2 is 1.83 bits per heavy atom. The summed E-state index contributed by atoms with van der Waals surface area (Å²) in [5, 5.41) is 2.47. The van der Waals surface area contributed by atoms with Gasteiger partial charge in [-0.1, -0.05) is 13.8 Å². The summed E-state index contributed by atoms with van der Waals surface area (Å²) in [7, 11) is 6.75. The van der Waals surface area contributed by atoms with Crippen LogP contribution in [0.25, 0.3) is 0 Å². The fourth-order valence-electron chi connectivity index (χ4n) is 1.89. The van der Waals surface area contributed by atoms with Gasteiger partial charge in [0, 0.05) is 13.7 Å². The van der Waals surface area contributed by atoms with Gasteiger partial charge < -0.3 is 15.0 Å². The van der Waals surface area contributed by atoms with Gasteiger partial charge in [-0.3, -0.25) is 9.59 Å². The fraction of sp³-hybridized carbons (Fsp3) is 0.833. The van der Waals surface area contributed by atoms with Crippen LogP contribution in [-0.2, 0) is 14.3 Å². The van der Waals surface area contributed by atoms with Crippen LogP contribution in [0.3, 0.4) is 0 Å². The van der Waals surface area contributed by atoms with Crippen LogP contribution >= 0.6 is 0 Å². The second-order valence-corrected chi connectivity index (χ2v) is 4.03. The van der Waals surface area contributed by atoms with Crippen LogP contribution < -0.4 is 5.32 Å². The highest BCUT2D eigenvalue weighted by molar-refractivity contribution is 6.10. The van der Waals surface area contributed by atoms with Gasteiger partial charge in [0.1, 0.15) is 5.60 Å². The quantitative estimate of drug-likeness (QED) is 0.633. The number of nitrogens with zero attached hydrogens (tertiary/aromatic N) is 1. The molecule has 18 heavy (non-hydrogen) atoms. The summed E-state index contributed by atoms with van der Waals surface area (Å²) in [6.45, 7) is 6.11. The number of amides is 2. The highest BCUT2D eigenvalue weighted by Crippen LogP contribution is 2.22. The van der Waals surface area contributed by atoms with E-state index in [9.17, 15) is 9.59 Å². The van der Waals surface area contributed by atoms with Gasteiger partial charge in [0.05, 0.1) is 14.4 Å². The van der Waals surface area contributed by atoms with Crippen molar-refractivity contribution in [2.75, 3.05) is 26.6 Å². The Bertz CT molecular complexity index is 272. The number of likely N-dealkylation sites (N-methyl/N-ethyl adjacent to an activating group) is 1. The highest BCUT2D eigenvalue weighted by Gasteiger charge is 2.38. The van der Waals surface area contributed by atoms with Gasteiger partial charge in [0.15, 0.2) is 0 Å². The number of carbonyl (C=O) groups is 2. The van der Waals surface area contributed by atoms with Crippen molar-refractivity contribution in [1.29, 1.82) is 0 Å². The van der Waals surface area contributed by atoms with Crippen molar-refractivity contribution in [3.8, 4) is 0 Å². The molecule has 0 rings (SSSR count). The molecular formula is C12H23BN2O3. The first kappa shape index (κ1) is 17.0. The van der Waals surface area contributed by atoms with E-state index < -0.39 is 5.60 Å². The molecule has 5 nitrogen and oxygen atoms in total. The normalized spacial score (nSPS) is 11.1. The molecule has 0 aliphatic heterocycles. The van der Waals surface area contributed by atoms with Crippen molar-refractivity contribution in [3.63, 3.8) is 0 Å². The molecule has 0 aliphatic rings. The zero-order chi connectivity index (χ0) is 14.2. The number of methoxy groups -OCH3 is 1. The Kier molecular flexibility index (Phi) is 7.67. The largest absolute Gasteiger partial charge is 0.368 e. The van der Waals surface area contributed by atoms with E-state index in [-0.39, 0.29) is 24.8 Å². The maximum absolute atomic E-state index is 12.4. The topological polar surface area (TPSA) is 58.6 Å². The van der Waals surface area contributed by atoms with Gasteiger partial charge in [0.25, 0.3) is 5.91 Å². The SMILES string of the molecule is [B]CNC(=O)CN(CC)C(=O)C(CC)(CC)OC. The first-order chi connectivity index (χ1) is 8.51. The summed E-state index contributed by atoms with van der Waals surface area (Å²) in [4.78, 5) is 25.4. The monoisotopic (exact) mass is 254 g/mol. The lowest BCUT2D eigenvalue weighted by molar-refractivity contribution is -0.157. The summed E-state index contributed by atoms with van der Waals surface area (Å²) in [5.41, 5.74) is -0.834. The van der Waals surface area contributed by atoms with E-state index in [1.165, 1.54) is 12.0 Å². The number of carbonyl (C=O) groups excluding carboxylic acids is 2. The Morgan fingerprint density at radius 1 is 1.28 bits per heavy atom. The summed E-state index contributed by atoms with van der Waals surface area (Å²) >= 11 is 0. The number of ether oxygens (including phenoxy) is 1. The Balaban J connectivity index is 4.83. The smallest absolute Gasteiger partial charge is 0.255 e. The van der Waals surface area contributed by atoms with Crippen molar-refractivity contribution in [2.24, 2.45) is 0 Å². The van der Waals surface area contributed by atoms with Crippen LogP contribution in [0.15, 0.2) is 0 Å². The Hall–Kier alpha value is -1.04. The zero-order valence-electron chi connectivity index (χ0n) is 11.8. The predicted octanol–water partition coefficient (Wildman–Crippen LogP) is 0.282. The molecule has 0 aromatic heterocycles. The molecule has 0 fully saturated rings. The fourth-order valence-corrected chi connectivity index (χ4v) is 1.89. The third-order valence-corrected chi connectivity index (χ3v) is 3.23. The van der Waals surface area contributed by atoms with E-state index >= 15 is 0 Å². The number of hydrogen-bond donors (Lipinski definition) is 1. The van der Waals surface area contributed by atoms with Crippen LogP contribution in [0, 0.1) is 0 Å². The molecule has 2 amide bonds.